The second kappa shape index (κ2) is 5.50. The largest absolute Gasteiger partial charge is 0.377 e. The number of hydrogen-bond acceptors (Lipinski definition) is 3. The fraction of sp³-hybridized carbons (Fsp3) is 0.133. The highest BCUT2D eigenvalue weighted by Crippen LogP contribution is 2.29. The zero-order valence-corrected chi connectivity index (χ0v) is 13.1. The molecular formula is C15H12BrFN2S. The van der Waals surface area contributed by atoms with Crippen molar-refractivity contribution >= 4 is 43.2 Å². The molecule has 3 rings (SSSR count). The summed E-state index contributed by atoms with van der Waals surface area (Å²) >= 11 is 5.09. The molecule has 0 aliphatic heterocycles. The normalized spacial score (nSPS) is 12.6. The third kappa shape index (κ3) is 2.69. The van der Waals surface area contributed by atoms with E-state index < -0.39 is 0 Å². The van der Waals surface area contributed by atoms with Crippen molar-refractivity contribution < 1.29 is 4.39 Å². The molecule has 1 atom stereocenters. The Morgan fingerprint density at radius 1 is 1.30 bits per heavy atom. The van der Waals surface area contributed by atoms with E-state index >= 15 is 0 Å². The maximum absolute atomic E-state index is 13.3. The molecule has 0 saturated heterocycles. The molecule has 1 N–H and O–H groups in total. The van der Waals surface area contributed by atoms with E-state index in [4.69, 9.17) is 0 Å². The molecule has 0 aliphatic carbocycles. The molecule has 2 heterocycles. The van der Waals surface area contributed by atoms with E-state index in [-0.39, 0.29) is 11.9 Å². The summed E-state index contributed by atoms with van der Waals surface area (Å²) in [5, 5.41) is 5.33. The highest BCUT2D eigenvalue weighted by molar-refractivity contribution is 9.10. The smallest absolute Gasteiger partial charge is 0.125 e. The number of aromatic nitrogens is 1. The van der Waals surface area contributed by atoms with E-state index in [0.717, 1.165) is 25.9 Å². The second-order valence-corrected chi connectivity index (χ2v) is 6.36. The van der Waals surface area contributed by atoms with E-state index in [2.05, 4.69) is 32.3 Å². The van der Waals surface area contributed by atoms with E-state index in [1.807, 2.05) is 24.6 Å². The molecule has 0 amide bonds. The van der Waals surface area contributed by atoms with Gasteiger partial charge in [0.25, 0.3) is 0 Å². The maximum Gasteiger partial charge on any atom is 0.125 e. The molecule has 2 aromatic heterocycles. The molecule has 0 radical (unpaired) electrons. The summed E-state index contributed by atoms with van der Waals surface area (Å²) in [6, 6.07) is 8.79. The maximum atomic E-state index is 13.3. The number of thiophene rings is 1. The first-order valence-electron chi connectivity index (χ1n) is 6.18. The van der Waals surface area contributed by atoms with Crippen molar-refractivity contribution in [3.63, 3.8) is 0 Å². The van der Waals surface area contributed by atoms with Crippen molar-refractivity contribution in [2.45, 2.75) is 13.0 Å². The second-order valence-electron chi connectivity index (χ2n) is 4.56. The van der Waals surface area contributed by atoms with Gasteiger partial charge in [0.1, 0.15) is 5.82 Å². The van der Waals surface area contributed by atoms with Crippen molar-refractivity contribution in [3.05, 3.63) is 57.8 Å². The van der Waals surface area contributed by atoms with Crippen LogP contribution in [0.2, 0.25) is 0 Å². The van der Waals surface area contributed by atoms with Crippen molar-refractivity contribution in [1.29, 1.82) is 0 Å². The topological polar surface area (TPSA) is 24.9 Å². The van der Waals surface area contributed by atoms with Crippen LogP contribution in [0.4, 0.5) is 10.1 Å². The first kappa shape index (κ1) is 13.5. The predicted octanol–water partition coefficient (Wildman–Crippen LogP) is 5.37. The van der Waals surface area contributed by atoms with Crippen LogP contribution in [-0.2, 0) is 0 Å². The summed E-state index contributed by atoms with van der Waals surface area (Å²) in [5.41, 5.74) is 2.83. The van der Waals surface area contributed by atoms with Crippen LogP contribution in [0.1, 0.15) is 18.5 Å². The molecule has 1 unspecified atom stereocenters. The van der Waals surface area contributed by atoms with Gasteiger partial charge in [-0.1, -0.05) is 0 Å². The van der Waals surface area contributed by atoms with Crippen LogP contribution in [0, 0.1) is 5.82 Å². The Bertz CT molecular complexity index is 756. The van der Waals surface area contributed by atoms with Crippen molar-refractivity contribution in [2.75, 3.05) is 5.32 Å². The number of nitrogens with one attached hydrogen (secondary N) is 1. The summed E-state index contributed by atoms with van der Waals surface area (Å²) in [6.45, 7) is 2.04. The van der Waals surface area contributed by atoms with Crippen molar-refractivity contribution in [2.24, 2.45) is 0 Å². The lowest BCUT2D eigenvalue weighted by Gasteiger charge is -2.16. The number of fused-ring (bicyclic) bond motifs is 1. The number of rotatable bonds is 3. The van der Waals surface area contributed by atoms with Crippen molar-refractivity contribution in [3.8, 4) is 0 Å². The van der Waals surface area contributed by atoms with Crippen LogP contribution in [0.3, 0.4) is 0 Å². The van der Waals surface area contributed by atoms with Crippen LogP contribution in [0.15, 0.2) is 46.4 Å². The first-order chi connectivity index (χ1) is 9.63. The van der Waals surface area contributed by atoms with Gasteiger partial charge < -0.3 is 5.32 Å². The summed E-state index contributed by atoms with van der Waals surface area (Å²) in [7, 11) is 0. The van der Waals surface area contributed by atoms with Crippen LogP contribution < -0.4 is 5.32 Å². The minimum absolute atomic E-state index is 0.0482. The number of anilines is 1. The summed E-state index contributed by atoms with van der Waals surface area (Å²) < 4.78 is 15.3. The molecule has 20 heavy (non-hydrogen) atoms. The third-order valence-corrected chi connectivity index (χ3v) is 4.67. The number of benzene rings is 1. The monoisotopic (exact) mass is 350 g/mol. The quantitative estimate of drug-likeness (QED) is 0.686. The molecule has 5 heteroatoms. The molecule has 0 bridgehead atoms. The Morgan fingerprint density at radius 2 is 2.15 bits per heavy atom. The standard InChI is InChI=1S/C15H12BrFN2S/c1-9(19-14-7-11(17)2-3-12(14)16)10-6-15-13(18-8-10)4-5-20-15/h2-9,19H,1H3. The Labute approximate surface area is 128 Å². The minimum Gasteiger partial charge on any atom is -0.377 e. The summed E-state index contributed by atoms with van der Waals surface area (Å²) in [4.78, 5) is 4.43. The zero-order valence-electron chi connectivity index (χ0n) is 10.7. The number of hydrogen-bond donors (Lipinski definition) is 1. The van der Waals surface area contributed by atoms with Gasteiger partial charge in [-0.15, -0.1) is 11.3 Å². The summed E-state index contributed by atoms with van der Waals surface area (Å²) in [5.74, 6) is -0.255. The highest BCUT2D eigenvalue weighted by atomic mass is 79.9. The van der Waals surface area contributed by atoms with E-state index in [1.54, 1.807) is 17.4 Å². The molecule has 0 fully saturated rings. The molecule has 1 aromatic carbocycles. The Hall–Kier alpha value is -1.46. The Kier molecular flexibility index (Phi) is 3.72. The van der Waals surface area contributed by atoms with E-state index in [1.165, 1.54) is 12.1 Å². The van der Waals surface area contributed by atoms with Gasteiger partial charge in [-0.3, -0.25) is 4.98 Å². The fourth-order valence-electron chi connectivity index (χ4n) is 2.02. The van der Waals surface area contributed by atoms with Crippen LogP contribution in [-0.4, -0.2) is 4.98 Å². The average molecular weight is 351 g/mol. The molecular weight excluding hydrogens is 339 g/mol. The van der Waals surface area contributed by atoms with E-state index in [9.17, 15) is 4.39 Å². The summed E-state index contributed by atoms with van der Waals surface area (Å²) in [6.07, 6.45) is 1.86. The lowest BCUT2D eigenvalue weighted by atomic mass is 10.1. The molecule has 2 nitrogen and oxygen atoms in total. The molecule has 0 saturated carbocycles. The number of nitrogens with zero attached hydrogens (tertiary/aromatic N) is 1. The zero-order chi connectivity index (χ0) is 14.1. The van der Waals surface area contributed by atoms with Crippen LogP contribution in [0.25, 0.3) is 10.2 Å². The Balaban J connectivity index is 1.88. The fourth-order valence-corrected chi connectivity index (χ4v) is 3.17. The van der Waals surface area contributed by atoms with E-state index in [0.29, 0.717) is 0 Å². The number of halogens is 2. The predicted molar refractivity (Wildman–Crippen MR) is 85.8 cm³/mol. The van der Waals surface area contributed by atoms with Crippen LogP contribution >= 0.6 is 27.3 Å². The SMILES string of the molecule is CC(Nc1cc(F)ccc1Br)c1cnc2ccsc2c1. The van der Waals surface area contributed by atoms with Gasteiger partial charge in [0.05, 0.1) is 21.9 Å². The number of pyridine rings is 1. The highest BCUT2D eigenvalue weighted by Gasteiger charge is 2.10. The van der Waals surface area contributed by atoms with Gasteiger partial charge in [-0.25, -0.2) is 4.39 Å². The van der Waals surface area contributed by atoms with Gasteiger partial charge in [0.2, 0.25) is 0 Å². The molecule has 0 spiro atoms. The molecule has 3 aromatic rings. The lowest BCUT2D eigenvalue weighted by Crippen LogP contribution is -2.07. The minimum atomic E-state index is -0.255. The lowest BCUT2D eigenvalue weighted by molar-refractivity contribution is 0.627. The van der Waals surface area contributed by atoms with Gasteiger partial charge in [0.15, 0.2) is 0 Å². The van der Waals surface area contributed by atoms with Crippen molar-refractivity contribution in [1.82, 2.24) is 4.98 Å². The Morgan fingerprint density at radius 3 is 3.00 bits per heavy atom. The van der Waals surface area contributed by atoms with Gasteiger partial charge in [-0.2, -0.15) is 0 Å². The molecule has 0 aliphatic rings. The third-order valence-electron chi connectivity index (χ3n) is 3.12. The van der Waals surface area contributed by atoms with Crippen LogP contribution in [0.5, 0.6) is 0 Å². The van der Waals surface area contributed by atoms with Gasteiger partial charge in [-0.05, 0) is 64.1 Å². The molecule has 102 valence electrons. The van der Waals surface area contributed by atoms with Gasteiger partial charge in [0, 0.05) is 10.7 Å². The average Bonchev–Trinajstić information content (AvgIpc) is 2.90. The van der Waals surface area contributed by atoms with Gasteiger partial charge >= 0.3 is 0 Å². The first-order valence-corrected chi connectivity index (χ1v) is 7.85.